The third kappa shape index (κ3) is 5.39. The van der Waals surface area contributed by atoms with E-state index in [1.54, 1.807) is 6.20 Å². The van der Waals surface area contributed by atoms with Crippen molar-refractivity contribution >= 4 is 34.5 Å². The first-order valence-corrected chi connectivity index (χ1v) is 12.3. The van der Waals surface area contributed by atoms with Crippen LogP contribution in [0.25, 0.3) is 16.6 Å². The van der Waals surface area contributed by atoms with Gasteiger partial charge in [0, 0.05) is 36.3 Å². The second kappa shape index (κ2) is 10.7. The number of pyridine rings is 2. The molecule has 0 aromatic carbocycles. The zero-order chi connectivity index (χ0) is 23.2. The minimum absolute atomic E-state index is 0.604. The van der Waals surface area contributed by atoms with Crippen molar-refractivity contribution in [2.24, 2.45) is 0 Å². The van der Waals surface area contributed by atoms with Crippen molar-refractivity contribution in [3.05, 3.63) is 54.0 Å². The molecule has 0 radical (unpaired) electrons. The fraction of sp³-hybridized carbons (Fsp3) is 0.423. The van der Waals surface area contributed by atoms with Gasteiger partial charge in [0.2, 0.25) is 0 Å². The van der Waals surface area contributed by atoms with Gasteiger partial charge in [-0.15, -0.1) is 5.10 Å². The predicted octanol–water partition coefficient (Wildman–Crippen LogP) is 4.50. The summed E-state index contributed by atoms with van der Waals surface area (Å²) in [6, 6.07) is 7.90. The Bertz CT molecular complexity index is 1160. The molecule has 0 atom stereocenters. The summed E-state index contributed by atoms with van der Waals surface area (Å²) >= 11 is 0. The van der Waals surface area contributed by atoms with Crippen LogP contribution >= 0.6 is 0 Å². The molecule has 3 N–H and O–H groups in total. The van der Waals surface area contributed by atoms with E-state index in [1.165, 1.54) is 57.0 Å². The SMILES string of the molecule is N=C/C(=C\NCCCN1CCCC1)c1cnc2ccc(Nc3cc(C4CCC4)cnn3)nc2c1. The number of hydrogen-bond donors (Lipinski definition) is 3. The van der Waals surface area contributed by atoms with E-state index in [0.29, 0.717) is 17.6 Å². The lowest BCUT2D eigenvalue weighted by Gasteiger charge is -2.25. The van der Waals surface area contributed by atoms with Gasteiger partial charge >= 0.3 is 0 Å². The van der Waals surface area contributed by atoms with Crippen LogP contribution in [0, 0.1) is 5.41 Å². The van der Waals surface area contributed by atoms with Crippen molar-refractivity contribution in [1.29, 1.82) is 5.41 Å². The van der Waals surface area contributed by atoms with E-state index < -0.39 is 0 Å². The van der Waals surface area contributed by atoms with Gasteiger partial charge < -0.3 is 20.9 Å². The van der Waals surface area contributed by atoms with Gasteiger partial charge in [-0.2, -0.15) is 5.10 Å². The van der Waals surface area contributed by atoms with Crippen molar-refractivity contribution in [1.82, 2.24) is 30.4 Å². The van der Waals surface area contributed by atoms with Crippen molar-refractivity contribution in [3.8, 4) is 0 Å². The Hall–Kier alpha value is -3.39. The van der Waals surface area contributed by atoms with E-state index in [9.17, 15) is 0 Å². The minimum atomic E-state index is 0.604. The lowest BCUT2D eigenvalue weighted by Crippen LogP contribution is -2.23. The van der Waals surface area contributed by atoms with Crippen LogP contribution in [0.4, 0.5) is 11.6 Å². The molecule has 3 aromatic heterocycles. The summed E-state index contributed by atoms with van der Waals surface area (Å²) in [7, 11) is 0. The van der Waals surface area contributed by atoms with Gasteiger partial charge in [0.15, 0.2) is 5.82 Å². The van der Waals surface area contributed by atoms with Gasteiger partial charge in [-0.25, -0.2) is 4.98 Å². The molecular formula is C26H32N8. The molecule has 2 fully saturated rings. The molecule has 1 saturated heterocycles. The number of fused-ring (bicyclic) bond motifs is 1. The summed E-state index contributed by atoms with van der Waals surface area (Å²) in [6.45, 7) is 4.48. The molecule has 0 amide bonds. The fourth-order valence-corrected chi connectivity index (χ4v) is 4.57. The number of hydrogen-bond acceptors (Lipinski definition) is 8. The molecule has 8 nitrogen and oxygen atoms in total. The second-order valence-corrected chi connectivity index (χ2v) is 9.19. The molecule has 5 rings (SSSR count). The Labute approximate surface area is 200 Å². The number of allylic oxidation sites excluding steroid dienone is 1. The van der Waals surface area contributed by atoms with Crippen molar-refractivity contribution in [2.75, 3.05) is 31.5 Å². The monoisotopic (exact) mass is 456 g/mol. The highest BCUT2D eigenvalue weighted by Gasteiger charge is 2.20. The molecule has 0 unspecified atom stereocenters. The maximum Gasteiger partial charge on any atom is 0.154 e. The summed E-state index contributed by atoms with van der Waals surface area (Å²) in [6.07, 6.45) is 14.4. The maximum atomic E-state index is 7.87. The smallest absolute Gasteiger partial charge is 0.154 e. The van der Waals surface area contributed by atoms with E-state index in [1.807, 2.05) is 30.6 Å². The molecule has 176 valence electrons. The highest BCUT2D eigenvalue weighted by atomic mass is 15.2. The van der Waals surface area contributed by atoms with Crippen molar-refractivity contribution in [2.45, 2.75) is 44.4 Å². The third-order valence-corrected chi connectivity index (χ3v) is 6.79. The molecule has 3 aromatic rings. The molecular weight excluding hydrogens is 424 g/mol. The molecule has 1 aliphatic heterocycles. The van der Waals surface area contributed by atoms with Gasteiger partial charge in [0.05, 0.1) is 17.2 Å². The van der Waals surface area contributed by atoms with Gasteiger partial charge in [-0.05, 0) is 87.5 Å². The number of likely N-dealkylation sites (tertiary alicyclic amines) is 1. The number of rotatable bonds is 10. The van der Waals surface area contributed by atoms with Gasteiger partial charge in [-0.1, -0.05) is 6.42 Å². The van der Waals surface area contributed by atoms with Crippen molar-refractivity contribution < 1.29 is 0 Å². The van der Waals surface area contributed by atoms with E-state index in [-0.39, 0.29) is 0 Å². The molecule has 2 aliphatic rings. The Balaban J connectivity index is 1.25. The first kappa shape index (κ1) is 22.4. The summed E-state index contributed by atoms with van der Waals surface area (Å²) in [5.41, 5.74) is 4.47. The van der Waals surface area contributed by atoms with Crippen LogP contribution in [0.15, 0.2) is 42.9 Å². The summed E-state index contributed by atoms with van der Waals surface area (Å²) in [4.78, 5) is 11.8. The Morgan fingerprint density at radius 3 is 2.74 bits per heavy atom. The number of anilines is 2. The van der Waals surface area contributed by atoms with Crippen LogP contribution in [0.3, 0.4) is 0 Å². The topological polar surface area (TPSA) is 103 Å². The average Bonchev–Trinajstić information content (AvgIpc) is 3.34. The van der Waals surface area contributed by atoms with Crippen LogP contribution in [0.5, 0.6) is 0 Å². The zero-order valence-corrected chi connectivity index (χ0v) is 19.5. The van der Waals surface area contributed by atoms with Gasteiger partial charge in [-0.3, -0.25) is 4.98 Å². The first-order valence-electron chi connectivity index (χ1n) is 12.3. The lowest BCUT2D eigenvalue weighted by atomic mass is 9.81. The second-order valence-electron chi connectivity index (χ2n) is 9.19. The highest BCUT2D eigenvalue weighted by Crippen LogP contribution is 2.36. The van der Waals surface area contributed by atoms with Crippen LogP contribution in [-0.2, 0) is 0 Å². The van der Waals surface area contributed by atoms with Crippen LogP contribution in [0.1, 0.15) is 55.6 Å². The number of nitrogens with zero attached hydrogens (tertiary/aromatic N) is 5. The molecule has 1 aliphatic carbocycles. The lowest BCUT2D eigenvalue weighted by molar-refractivity contribution is 0.333. The Morgan fingerprint density at radius 1 is 1.06 bits per heavy atom. The molecule has 4 heterocycles. The van der Waals surface area contributed by atoms with E-state index in [4.69, 9.17) is 10.4 Å². The van der Waals surface area contributed by atoms with Crippen LogP contribution in [-0.4, -0.2) is 57.5 Å². The summed E-state index contributed by atoms with van der Waals surface area (Å²) < 4.78 is 0. The fourth-order valence-electron chi connectivity index (χ4n) is 4.57. The van der Waals surface area contributed by atoms with Crippen molar-refractivity contribution in [3.63, 3.8) is 0 Å². The molecule has 1 saturated carbocycles. The van der Waals surface area contributed by atoms with E-state index in [0.717, 1.165) is 41.7 Å². The molecule has 0 bridgehead atoms. The standard InChI is InChI=1S/C26H32N8/c27-15-22(16-28-9-4-12-34-10-1-2-11-34)20-13-24-23(29-17-20)7-8-25(31-24)32-26-14-21(18-30-33-26)19-5-3-6-19/h7-8,13-19,27-28H,1-6,9-12H2,(H,31,32,33)/b22-16+,27-15?. The largest absolute Gasteiger partial charge is 0.390 e. The highest BCUT2D eigenvalue weighted by molar-refractivity contribution is 6.08. The van der Waals surface area contributed by atoms with Crippen LogP contribution in [0.2, 0.25) is 0 Å². The summed E-state index contributed by atoms with van der Waals surface area (Å²) in [5.74, 6) is 2.01. The van der Waals surface area contributed by atoms with E-state index in [2.05, 4.69) is 36.8 Å². The predicted molar refractivity (Wildman–Crippen MR) is 136 cm³/mol. The first-order chi connectivity index (χ1) is 16.8. The molecule has 8 heteroatoms. The zero-order valence-electron chi connectivity index (χ0n) is 19.5. The third-order valence-electron chi connectivity index (χ3n) is 6.79. The molecule has 0 spiro atoms. The summed E-state index contributed by atoms with van der Waals surface area (Å²) in [5, 5.41) is 22.9. The van der Waals surface area contributed by atoms with E-state index >= 15 is 0 Å². The normalized spacial score (nSPS) is 17.0. The maximum absolute atomic E-state index is 7.87. The van der Waals surface area contributed by atoms with Gasteiger partial charge in [0.25, 0.3) is 0 Å². The quantitative estimate of drug-likeness (QED) is 0.305. The minimum Gasteiger partial charge on any atom is -0.390 e. The molecule has 34 heavy (non-hydrogen) atoms. The average molecular weight is 457 g/mol. The number of aromatic nitrogens is 4. The Kier molecular flexibility index (Phi) is 7.05. The number of nitrogens with one attached hydrogen (secondary N) is 3. The van der Waals surface area contributed by atoms with Gasteiger partial charge in [0.1, 0.15) is 5.82 Å². The van der Waals surface area contributed by atoms with Crippen LogP contribution < -0.4 is 10.6 Å². The Morgan fingerprint density at radius 2 is 1.94 bits per heavy atom.